The number of rotatable bonds is 4. The molecule has 3 heterocycles. The van der Waals surface area contributed by atoms with E-state index in [1.807, 2.05) is 18.6 Å². The molecule has 0 spiro atoms. The summed E-state index contributed by atoms with van der Waals surface area (Å²) in [5.74, 6) is 1.94. The quantitative estimate of drug-likeness (QED) is 0.930. The number of nitrogens with zero attached hydrogens (tertiary/aromatic N) is 4. The lowest BCUT2D eigenvalue weighted by Crippen LogP contribution is -2.35. The van der Waals surface area contributed by atoms with Crippen LogP contribution in [0.2, 0.25) is 0 Å². The highest BCUT2D eigenvalue weighted by atomic mass is 15.3. The average Bonchev–Trinajstić information content (AvgIpc) is 3.04. The maximum Gasteiger partial charge on any atom is 0.180 e. The molecular weight excluding hydrogens is 250 g/mol. The summed E-state index contributed by atoms with van der Waals surface area (Å²) in [4.78, 5) is 11.8. The van der Waals surface area contributed by atoms with Crippen molar-refractivity contribution >= 4 is 17.3 Å². The van der Waals surface area contributed by atoms with Crippen LogP contribution in [-0.4, -0.2) is 33.0 Å². The lowest BCUT2D eigenvalue weighted by Gasteiger charge is -2.29. The van der Waals surface area contributed by atoms with Crippen LogP contribution in [0.5, 0.6) is 0 Å². The second kappa shape index (κ2) is 5.31. The second-order valence-electron chi connectivity index (χ2n) is 5.53. The predicted octanol–water partition coefficient (Wildman–Crippen LogP) is 2.93. The first kappa shape index (κ1) is 13.2. The fraction of sp³-hybridized carbons (Fsp3) is 0.600. The van der Waals surface area contributed by atoms with E-state index in [0.29, 0.717) is 12.1 Å². The predicted molar refractivity (Wildman–Crippen MR) is 82.4 cm³/mol. The van der Waals surface area contributed by atoms with Crippen LogP contribution in [0, 0.1) is 0 Å². The van der Waals surface area contributed by atoms with Crippen molar-refractivity contribution in [2.24, 2.45) is 0 Å². The van der Waals surface area contributed by atoms with Crippen molar-refractivity contribution in [1.29, 1.82) is 0 Å². The van der Waals surface area contributed by atoms with E-state index < -0.39 is 0 Å². The molecule has 20 heavy (non-hydrogen) atoms. The van der Waals surface area contributed by atoms with Crippen LogP contribution in [0.4, 0.5) is 11.6 Å². The summed E-state index contributed by atoms with van der Waals surface area (Å²) in [5.41, 5.74) is 0.957. The number of nitrogens with one attached hydrogen (secondary N) is 1. The molecule has 0 bridgehead atoms. The van der Waals surface area contributed by atoms with Crippen LogP contribution in [0.3, 0.4) is 0 Å². The number of fused-ring (bicyclic) bond motifs is 1. The Kier molecular flexibility index (Phi) is 3.51. The lowest BCUT2D eigenvalue weighted by molar-refractivity contribution is 0.621. The van der Waals surface area contributed by atoms with Gasteiger partial charge in [-0.3, -0.25) is 0 Å². The average molecular weight is 273 g/mol. The molecule has 0 radical (unpaired) electrons. The van der Waals surface area contributed by atoms with Crippen molar-refractivity contribution in [3.63, 3.8) is 0 Å². The Bertz CT molecular complexity index is 591. The van der Waals surface area contributed by atoms with Gasteiger partial charge < -0.3 is 14.6 Å². The Morgan fingerprint density at radius 2 is 2.20 bits per heavy atom. The molecule has 2 unspecified atom stereocenters. The number of hydrogen-bond acceptors (Lipinski definition) is 4. The third kappa shape index (κ3) is 2.11. The largest absolute Gasteiger partial charge is 0.369 e. The first-order valence-corrected chi connectivity index (χ1v) is 7.60. The minimum atomic E-state index is 0.532. The molecule has 0 aliphatic carbocycles. The van der Waals surface area contributed by atoms with Gasteiger partial charge in [-0.15, -0.1) is 0 Å². The van der Waals surface area contributed by atoms with Gasteiger partial charge in [-0.2, -0.15) is 0 Å². The van der Waals surface area contributed by atoms with Crippen LogP contribution in [0.15, 0.2) is 18.6 Å². The summed E-state index contributed by atoms with van der Waals surface area (Å²) < 4.78 is 2.07. The minimum absolute atomic E-state index is 0.532. The summed E-state index contributed by atoms with van der Waals surface area (Å²) in [7, 11) is 0. The number of hydrogen-bond donors (Lipinski definition) is 1. The Balaban J connectivity index is 2.10. The van der Waals surface area contributed by atoms with Gasteiger partial charge in [0.15, 0.2) is 11.5 Å². The Morgan fingerprint density at radius 3 is 2.95 bits per heavy atom. The zero-order valence-electron chi connectivity index (χ0n) is 12.5. The van der Waals surface area contributed by atoms with Crippen molar-refractivity contribution in [1.82, 2.24) is 14.4 Å². The summed E-state index contributed by atoms with van der Waals surface area (Å²) in [6.07, 6.45) is 9.48. The van der Waals surface area contributed by atoms with Gasteiger partial charge in [-0.05, 0) is 33.1 Å². The van der Waals surface area contributed by atoms with Crippen LogP contribution in [0.25, 0.3) is 5.65 Å². The molecule has 1 saturated heterocycles. The molecule has 1 aliphatic heterocycles. The molecule has 0 saturated carbocycles. The van der Waals surface area contributed by atoms with Gasteiger partial charge in [0.05, 0.1) is 6.20 Å². The molecule has 2 aromatic heterocycles. The maximum absolute atomic E-state index is 4.82. The molecule has 108 valence electrons. The van der Waals surface area contributed by atoms with Crippen LogP contribution >= 0.6 is 0 Å². The standard InChI is InChI=1S/C15H23N5/c1-4-12-7-6-11(3)20(12)15-14-17-8-9-19(14)10-13(18-15)16-5-2/h8-12,16H,4-7H2,1-3H3. The van der Waals surface area contributed by atoms with Gasteiger partial charge in [-0.25, -0.2) is 9.97 Å². The Hall–Kier alpha value is -1.78. The number of imidazole rings is 1. The third-order valence-electron chi connectivity index (χ3n) is 4.22. The van der Waals surface area contributed by atoms with E-state index >= 15 is 0 Å². The van der Waals surface area contributed by atoms with Gasteiger partial charge >= 0.3 is 0 Å². The van der Waals surface area contributed by atoms with E-state index in [2.05, 4.69) is 40.4 Å². The van der Waals surface area contributed by atoms with Gasteiger partial charge in [0.1, 0.15) is 5.82 Å². The van der Waals surface area contributed by atoms with Crippen molar-refractivity contribution in [3.8, 4) is 0 Å². The molecule has 1 aliphatic rings. The fourth-order valence-electron chi connectivity index (χ4n) is 3.21. The number of anilines is 2. The first-order valence-electron chi connectivity index (χ1n) is 7.60. The highest BCUT2D eigenvalue weighted by Gasteiger charge is 2.32. The highest BCUT2D eigenvalue weighted by molar-refractivity contribution is 5.68. The second-order valence-corrected chi connectivity index (χ2v) is 5.53. The number of aromatic nitrogens is 3. The van der Waals surface area contributed by atoms with Crippen molar-refractivity contribution in [2.75, 3.05) is 16.8 Å². The third-order valence-corrected chi connectivity index (χ3v) is 4.22. The summed E-state index contributed by atoms with van der Waals surface area (Å²) in [6, 6.07) is 1.11. The van der Waals surface area contributed by atoms with E-state index in [0.717, 1.165) is 30.2 Å². The van der Waals surface area contributed by atoms with Crippen LogP contribution < -0.4 is 10.2 Å². The van der Waals surface area contributed by atoms with E-state index in [4.69, 9.17) is 4.98 Å². The van der Waals surface area contributed by atoms with Crippen LogP contribution in [-0.2, 0) is 0 Å². The molecule has 2 atom stereocenters. The first-order chi connectivity index (χ1) is 9.74. The zero-order valence-corrected chi connectivity index (χ0v) is 12.5. The normalized spacial score (nSPS) is 22.6. The molecule has 0 amide bonds. The molecule has 1 N–H and O–H groups in total. The zero-order chi connectivity index (χ0) is 14.1. The highest BCUT2D eigenvalue weighted by Crippen LogP contribution is 2.33. The smallest absolute Gasteiger partial charge is 0.180 e. The monoisotopic (exact) mass is 273 g/mol. The fourth-order valence-corrected chi connectivity index (χ4v) is 3.21. The maximum atomic E-state index is 4.82. The van der Waals surface area contributed by atoms with Crippen LogP contribution in [0.1, 0.15) is 40.0 Å². The molecule has 5 nitrogen and oxygen atoms in total. The Labute approximate surface area is 120 Å². The van der Waals surface area contributed by atoms with Crippen molar-refractivity contribution in [2.45, 2.75) is 52.1 Å². The molecule has 3 rings (SSSR count). The SMILES string of the molecule is CCNc1cn2ccnc2c(N2C(C)CCC2CC)n1. The van der Waals surface area contributed by atoms with E-state index in [1.54, 1.807) is 0 Å². The summed E-state index contributed by atoms with van der Waals surface area (Å²) >= 11 is 0. The molecule has 0 aromatic carbocycles. The minimum Gasteiger partial charge on any atom is -0.369 e. The van der Waals surface area contributed by atoms with Crippen molar-refractivity contribution < 1.29 is 0 Å². The van der Waals surface area contributed by atoms with Gasteiger partial charge in [0, 0.05) is 31.0 Å². The molecule has 2 aromatic rings. The lowest BCUT2D eigenvalue weighted by atomic mass is 10.1. The molecule has 1 fully saturated rings. The topological polar surface area (TPSA) is 45.5 Å². The van der Waals surface area contributed by atoms with Gasteiger partial charge in [0.25, 0.3) is 0 Å². The Morgan fingerprint density at radius 1 is 1.35 bits per heavy atom. The van der Waals surface area contributed by atoms with E-state index in [1.165, 1.54) is 12.8 Å². The van der Waals surface area contributed by atoms with Crippen molar-refractivity contribution in [3.05, 3.63) is 18.6 Å². The van der Waals surface area contributed by atoms with E-state index in [-0.39, 0.29) is 0 Å². The summed E-state index contributed by atoms with van der Waals surface area (Å²) in [5, 5.41) is 3.31. The van der Waals surface area contributed by atoms with Gasteiger partial charge in [0.2, 0.25) is 0 Å². The van der Waals surface area contributed by atoms with E-state index in [9.17, 15) is 0 Å². The molecular formula is C15H23N5. The summed E-state index contributed by atoms with van der Waals surface area (Å²) in [6.45, 7) is 7.51. The molecule has 5 heteroatoms. The van der Waals surface area contributed by atoms with Gasteiger partial charge in [-0.1, -0.05) is 6.92 Å².